The van der Waals surface area contributed by atoms with Gasteiger partial charge in [0, 0.05) is 44.5 Å². The molecule has 0 saturated carbocycles. The maximum atomic E-state index is 13.5. The highest BCUT2D eigenvalue weighted by Gasteiger charge is 2.41. The number of halogens is 1. The van der Waals surface area contributed by atoms with E-state index in [1.807, 2.05) is 22.6 Å². The molecule has 0 aromatic heterocycles. The van der Waals surface area contributed by atoms with Crippen LogP contribution in [0.15, 0.2) is 23.8 Å². The van der Waals surface area contributed by atoms with Gasteiger partial charge in [-0.05, 0) is 72.5 Å². The van der Waals surface area contributed by atoms with Crippen molar-refractivity contribution < 1.29 is 43.9 Å². The highest BCUT2D eigenvalue weighted by Crippen LogP contribution is 2.37. The fraction of sp³-hybridized carbons (Fsp3) is 0.607. The second-order valence-electron chi connectivity index (χ2n) is 10.0. The van der Waals surface area contributed by atoms with Crippen LogP contribution in [0, 0.1) is 3.57 Å². The summed E-state index contributed by atoms with van der Waals surface area (Å²) in [6.07, 6.45) is 1.59. The maximum Gasteiger partial charge on any atom is 0.247 e. The highest BCUT2D eigenvalue weighted by atomic mass is 127. The smallest absolute Gasteiger partial charge is 0.247 e. The van der Waals surface area contributed by atoms with Crippen molar-refractivity contribution >= 4 is 40.2 Å². The summed E-state index contributed by atoms with van der Waals surface area (Å²) in [5, 5.41) is 33.0. The number of nitrogens with zero attached hydrogens (tertiary/aromatic N) is 1. The summed E-state index contributed by atoms with van der Waals surface area (Å²) < 4.78 is 18.2. The van der Waals surface area contributed by atoms with Gasteiger partial charge < -0.3 is 44.5 Å². The van der Waals surface area contributed by atoms with Gasteiger partial charge in [0.05, 0.1) is 36.0 Å². The summed E-state index contributed by atoms with van der Waals surface area (Å²) in [7, 11) is 1.46. The zero-order valence-electron chi connectivity index (χ0n) is 22.9. The van der Waals surface area contributed by atoms with Gasteiger partial charge in [-0.2, -0.15) is 0 Å². The van der Waals surface area contributed by atoms with E-state index >= 15 is 0 Å². The van der Waals surface area contributed by atoms with Crippen molar-refractivity contribution in [2.45, 2.75) is 76.4 Å². The van der Waals surface area contributed by atoms with Crippen LogP contribution in [0.25, 0.3) is 0 Å². The third-order valence-corrected chi connectivity index (χ3v) is 7.81. The number of methoxy groups -OCH3 is 1. The minimum Gasteiger partial charge on any atom is -0.493 e. The number of amides is 2. The Morgan fingerprint density at radius 3 is 2.62 bits per heavy atom. The summed E-state index contributed by atoms with van der Waals surface area (Å²) in [6.45, 7) is 1.92. The topological polar surface area (TPSA) is 155 Å². The molecule has 0 spiro atoms. The number of carbonyl (C=O) groups excluding carboxylic acids is 3. The van der Waals surface area contributed by atoms with Crippen LogP contribution in [-0.2, 0) is 25.7 Å². The van der Waals surface area contributed by atoms with Crippen LogP contribution in [-0.4, -0.2) is 95.6 Å². The third kappa shape index (κ3) is 8.62. The van der Waals surface area contributed by atoms with E-state index in [-0.39, 0.29) is 63.4 Å². The van der Waals surface area contributed by atoms with E-state index in [0.29, 0.717) is 39.2 Å². The molecule has 4 atom stereocenters. The van der Waals surface area contributed by atoms with Crippen molar-refractivity contribution in [1.82, 2.24) is 10.2 Å². The van der Waals surface area contributed by atoms with Crippen molar-refractivity contribution in [3.63, 3.8) is 0 Å². The summed E-state index contributed by atoms with van der Waals surface area (Å²) in [5.41, 5.74) is 0.928. The van der Waals surface area contributed by atoms with Crippen LogP contribution in [0.3, 0.4) is 0 Å². The molecule has 1 aliphatic heterocycles. The molecule has 1 saturated heterocycles. The van der Waals surface area contributed by atoms with E-state index in [1.165, 1.54) is 20.1 Å². The van der Waals surface area contributed by atoms with Gasteiger partial charge in [0.25, 0.3) is 0 Å². The van der Waals surface area contributed by atoms with E-state index in [9.17, 15) is 29.7 Å². The number of nitrogens with one attached hydrogen (secondary N) is 1. The summed E-state index contributed by atoms with van der Waals surface area (Å²) in [5.74, 6) is -0.00329. The Bertz CT molecular complexity index is 1070. The van der Waals surface area contributed by atoms with Crippen LogP contribution >= 0.6 is 22.6 Å². The molecular weight excluding hydrogens is 635 g/mol. The Morgan fingerprint density at radius 2 is 2.00 bits per heavy atom. The standard InChI is InChI=1S/C28H39IN2O9/c1-17(34)5-3-7-25(35)31(15-20-6-4-10-39-20)22-13-19(28(37)30-8-9-32)14-23(26(22)36)40-27-21(29)11-18(16-33)12-24(27)38-2/h11-12,14,20,22-23,26,32-33,36H,3-10,13,15-16H2,1-2H3,(H,30,37)/t20-,22+,23-,26-/m0/s1. The Balaban J connectivity index is 1.96. The molecule has 1 heterocycles. The quantitative estimate of drug-likeness (QED) is 0.215. The first-order chi connectivity index (χ1) is 19.2. The summed E-state index contributed by atoms with van der Waals surface area (Å²) in [6, 6.07) is 2.55. The Hall–Kier alpha value is -2.26. The van der Waals surface area contributed by atoms with Gasteiger partial charge >= 0.3 is 0 Å². The maximum absolute atomic E-state index is 13.5. The zero-order valence-corrected chi connectivity index (χ0v) is 25.1. The third-order valence-electron chi connectivity index (χ3n) is 7.00. The number of hydrogen-bond donors (Lipinski definition) is 4. The van der Waals surface area contributed by atoms with Crippen LogP contribution in [0.2, 0.25) is 0 Å². The van der Waals surface area contributed by atoms with Crippen molar-refractivity contribution in [1.29, 1.82) is 0 Å². The zero-order chi connectivity index (χ0) is 29.2. The molecule has 2 amide bonds. The molecule has 40 heavy (non-hydrogen) atoms. The molecule has 11 nitrogen and oxygen atoms in total. The molecule has 3 rings (SSSR count). The van der Waals surface area contributed by atoms with E-state index in [0.717, 1.165) is 12.8 Å². The van der Waals surface area contributed by atoms with Gasteiger partial charge in [0.15, 0.2) is 11.5 Å². The number of rotatable bonds is 14. The van der Waals surface area contributed by atoms with Gasteiger partial charge in [-0.1, -0.05) is 0 Å². The van der Waals surface area contributed by atoms with Crippen molar-refractivity contribution in [2.24, 2.45) is 0 Å². The lowest BCUT2D eigenvalue weighted by Gasteiger charge is -2.41. The van der Waals surface area contributed by atoms with Crippen molar-refractivity contribution in [3.05, 3.63) is 32.9 Å². The lowest BCUT2D eigenvalue weighted by atomic mass is 9.87. The van der Waals surface area contributed by atoms with Crippen LogP contribution < -0.4 is 14.8 Å². The minimum atomic E-state index is -1.20. The average molecular weight is 675 g/mol. The summed E-state index contributed by atoms with van der Waals surface area (Å²) in [4.78, 5) is 39.6. The van der Waals surface area contributed by atoms with Crippen molar-refractivity contribution in [2.75, 3.05) is 33.4 Å². The molecule has 4 N–H and O–H groups in total. The van der Waals surface area contributed by atoms with Crippen LogP contribution in [0.1, 0.15) is 51.0 Å². The first-order valence-electron chi connectivity index (χ1n) is 13.5. The molecular formula is C28H39IN2O9. The van der Waals surface area contributed by atoms with Gasteiger partial charge in [-0.3, -0.25) is 9.59 Å². The van der Waals surface area contributed by atoms with Crippen LogP contribution in [0.5, 0.6) is 11.5 Å². The predicted octanol–water partition coefficient (Wildman–Crippen LogP) is 1.47. The molecule has 0 unspecified atom stereocenters. The molecule has 0 bridgehead atoms. The first-order valence-corrected chi connectivity index (χ1v) is 14.6. The predicted molar refractivity (Wildman–Crippen MR) is 154 cm³/mol. The SMILES string of the molecule is COc1cc(CO)cc(I)c1O[C@H]1C=C(C(=O)NCCO)C[C@@H](N(C[C@@H]2CCCO2)C(=O)CCCC(C)=O)[C@@H]1O. The van der Waals surface area contributed by atoms with E-state index in [1.54, 1.807) is 17.0 Å². The van der Waals surface area contributed by atoms with Gasteiger partial charge in [-0.25, -0.2) is 0 Å². The molecule has 0 radical (unpaired) electrons. The molecule has 1 aromatic carbocycles. The number of aliphatic hydroxyl groups is 3. The van der Waals surface area contributed by atoms with Crippen LogP contribution in [0.4, 0.5) is 0 Å². The Labute approximate surface area is 248 Å². The second kappa shape index (κ2) is 15.7. The highest BCUT2D eigenvalue weighted by molar-refractivity contribution is 14.1. The molecule has 222 valence electrons. The van der Waals surface area contributed by atoms with E-state index in [4.69, 9.17) is 14.2 Å². The number of Topliss-reactive ketones (excluding diaryl/α,β-unsaturated/α-hetero) is 1. The number of benzene rings is 1. The average Bonchev–Trinajstić information content (AvgIpc) is 3.45. The lowest BCUT2D eigenvalue weighted by Crippen LogP contribution is -2.56. The molecule has 2 aliphatic rings. The second-order valence-corrected chi connectivity index (χ2v) is 11.2. The van der Waals surface area contributed by atoms with E-state index in [2.05, 4.69) is 5.32 Å². The number of aliphatic hydroxyl groups excluding tert-OH is 3. The number of ether oxygens (including phenoxy) is 3. The molecule has 1 aromatic rings. The van der Waals surface area contributed by atoms with Gasteiger partial charge in [-0.15, -0.1) is 0 Å². The fourth-order valence-electron chi connectivity index (χ4n) is 4.96. The minimum absolute atomic E-state index is 0.00816. The Morgan fingerprint density at radius 1 is 1.23 bits per heavy atom. The van der Waals surface area contributed by atoms with Gasteiger partial charge in [0.1, 0.15) is 18.0 Å². The fourth-order valence-corrected chi connectivity index (χ4v) is 5.75. The monoisotopic (exact) mass is 674 g/mol. The lowest BCUT2D eigenvalue weighted by molar-refractivity contribution is -0.141. The normalized spacial score (nSPS) is 22.4. The number of hydrogen-bond acceptors (Lipinski definition) is 9. The number of ketones is 1. The van der Waals surface area contributed by atoms with E-state index < -0.39 is 24.2 Å². The van der Waals surface area contributed by atoms with Crippen molar-refractivity contribution in [3.8, 4) is 11.5 Å². The molecule has 12 heteroatoms. The first kappa shape index (κ1) is 32.3. The Kier molecular flexibility index (Phi) is 12.6. The molecule has 1 fully saturated rings. The van der Waals surface area contributed by atoms with Gasteiger partial charge in [0.2, 0.25) is 11.8 Å². The largest absolute Gasteiger partial charge is 0.493 e. The summed E-state index contributed by atoms with van der Waals surface area (Å²) >= 11 is 2.05. The molecule has 1 aliphatic carbocycles. The number of carbonyl (C=O) groups is 3.